The van der Waals surface area contributed by atoms with Crippen LogP contribution in [0, 0.1) is 0 Å². The van der Waals surface area contributed by atoms with E-state index in [-0.39, 0.29) is 30.4 Å². The average molecular weight is 578 g/mol. The van der Waals surface area contributed by atoms with Crippen molar-refractivity contribution >= 4 is 23.8 Å². The Morgan fingerprint density at radius 3 is 2.14 bits per heavy atom. The number of hydrogen-bond donors (Lipinski definition) is 3. The highest BCUT2D eigenvalue weighted by atomic mass is 16.6. The third-order valence-electron chi connectivity index (χ3n) is 7.87. The molecule has 4 atom stereocenters. The summed E-state index contributed by atoms with van der Waals surface area (Å²) in [6.45, 7) is 7.72. The molecule has 4 rings (SSSR count). The lowest BCUT2D eigenvalue weighted by Gasteiger charge is -2.36. The van der Waals surface area contributed by atoms with Crippen LogP contribution in [0.1, 0.15) is 64.1 Å². The van der Waals surface area contributed by atoms with Gasteiger partial charge < -0.3 is 25.6 Å². The van der Waals surface area contributed by atoms with Gasteiger partial charge in [0.25, 0.3) is 0 Å². The molecule has 2 fully saturated rings. The standard InChI is InChI=1S/C32H43N5O5/c1-21(36(5)31(41)42-32(2,3)4)28(38)34-25-20-33-19-18-24-16-17-26(37(24)30(25)40)29(39)35-27(22-12-8-6-9-13-22)23-14-10-7-11-15-23/h6-15,21,24-27,33H,16-20H2,1-5H3,(H,34,38)(H,35,39)/t21-,24+,25-,26+/m0/s1. The predicted octanol–water partition coefficient (Wildman–Crippen LogP) is 2.99. The lowest BCUT2D eigenvalue weighted by molar-refractivity contribution is -0.144. The Balaban J connectivity index is 1.50. The third kappa shape index (κ3) is 7.47. The maximum absolute atomic E-state index is 14.0. The van der Waals surface area contributed by atoms with Crippen molar-refractivity contribution in [3.63, 3.8) is 0 Å². The lowest BCUT2D eigenvalue weighted by atomic mass is 9.98. The summed E-state index contributed by atoms with van der Waals surface area (Å²) in [5, 5.41) is 9.29. The molecule has 0 aromatic heterocycles. The zero-order valence-corrected chi connectivity index (χ0v) is 25.1. The Morgan fingerprint density at radius 1 is 0.976 bits per heavy atom. The van der Waals surface area contributed by atoms with Crippen molar-refractivity contribution in [1.29, 1.82) is 0 Å². The number of likely N-dealkylation sites (N-methyl/N-ethyl adjacent to an activating group) is 1. The van der Waals surface area contributed by atoms with Crippen molar-refractivity contribution < 1.29 is 23.9 Å². The van der Waals surface area contributed by atoms with Gasteiger partial charge in [-0.3, -0.25) is 19.3 Å². The van der Waals surface area contributed by atoms with Gasteiger partial charge in [0.15, 0.2) is 0 Å². The first-order chi connectivity index (χ1) is 20.0. The van der Waals surface area contributed by atoms with Gasteiger partial charge in [-0.15, -0.1) is 0 Å². The summed E-state index contributed by atoms with van der Waals surface area (Å²) in [7, 11) is 1.49. The van der Waals surface area contributed by atoms with E-state index in [0.29, 0.717) is 19.4 Å². The number of nitrogens with one attached hydrogen (secondary N) is 3. The van der Waals surface area contributed by atoms with Gasteiger partial charge in [-0.05, 0) is 64.6 Å². The fourth-order valence-electron chi connectivity index (χ4n) is 5.50. The summed E-state index contributed by atoms with van der Waals surface area (Å²) in [6.07, 6.45) is 1.33. The fourth-order valence-corrected chi connectivity index (χ4v) is 5.50. The molecule has 2 aliphatic heterocycles. The smallest absolute Gasteiger partial charge is 0.410 e. The maximum atomic E-state index is 14.0. The number of nitrogens with zero attached hydrogens (tertiary/aromatic N) is 2. The molecule has 226 valence electrons. The molecule has 0 saturated carbocycles. The minimum atomic E-state index is -0.887. The van der Waals surface area contributed by atoms with Crippen LogP contribution in [0.3, 0.4) is 0 Å². The first-order valence-corrected chi connectivity index (χ1v) is 14.7. The van der Waals surface area contributed by atoms with Crippen molar-refractivity contribution in [2.24, 2.45) is 0 Å². The number of hydrogen-bond acceptors (Lipinski definition) is 6. The molecule has 2 heterocycles. The van der Waals surface area contributed by atoms with E-state index in [2.05, 4.69) is 16.0 Å². The Morgan fingerprint density at radius 2 is 1.57 bits per heavy atom. The topological polar surface area (TPSA) is 120 Å². The summed E-state index contributed by atoms with van der Waals surface area (Å²) >= 11 is 0. The molecule has 3 N–H and O–H groups in total. The summed E-state index contributed by atoms with van der Waals surface area (Å²) in [6, 6.07) is 16.6. The second kappa shape index (κ2) is 13.4. The first kappa shape index (κ1) is 31.0. The summed E-state index contributed by atoms with van der Waals surface area (Å²) in [4.78, 5) is 56.4. The molecule has 0 radical (unpaired) electrons. The normalized spacial score (nSPS) is 21.5. The van der Waals surface area contributed by atoms with E-state index in [1.54, 1.807) is 32.6 Å². The van der Waals surface area contributed by atoms with Gasteiger partial charge in [0, 0.05) is 19.6 Å². The molecular formula is C32H43N5O5. The summed E-state index contributed by atoms with van der Waals surface area (Å²) in [5.74, 6) is -1.00. The molecule has 0 aliphatic carbocycles. The molecule has 2 aliphatic rings. The quantitative estimate of drug-likeness (QED) is 0.466. The van der Waals surface area contributed by atoms with Crippen LogP contribution in [-0.4, -0.2) is 83.5 Å². The number of fused-ring (bicyclic) bond motifs is 1. The predicted molar refractivity (Wildman–Crippen MR) is 159 cm³/mol. The molecule has 2 aromatic carbocycles. The zero-order valence-electron chi connectivity index (χ0n) is 25.1. The number of carbonyl (C=O) groups excluding carboxylic acids is 4. The van der Waals surface area contributed by atoms with E-state index < -0.39 is 35.7 Å². The van der Waals surface area contributed by atoms with Crippen LogP contribution in [-0.2, 0) is 19.1 Å². The third-order valence-corrected chi connectivity index (χ3v) is 7.87. The van der Waals surface area contributed by atoms with Crippen molar-refractivity contribution in [1.82, 2.24) is 25.8 Å². The second-order valence-electron chi connectivity index (χ2n) is 12.1. The lowest BCUT2D eigenvalue weighted by Crippen LogP contribution is -2.61. The molecule has 10 nitrogen and oxygen atoms in total. The van der Waals surface area contributed by atoms with Crippen molar-refractivity contribution in [3.8, 4) is 0 Å². The molecule has 2 aromatic rings. The largest absolute Gasteiger partial charge is 0.444 e. The van der Waals surface area contributed by atoms with Gasteiger partial charge in [-0.2, -0.15) is 0 Å². The molecule has 0 unspecified atom stereocenters. The number of amides is 4. The van der Waals surface area contributed by atoms with Gasteiger partial charge in [-0.25, -0.2) is 4.79 Å². The van der Waals surface area contributed by atoms with Crippen LogP contribution in [0.4, 0.5) is 4.79 Å². The Labute approximate surface area is 248 Å². The molecule has 4 amide bonds. The first-order valence-electron chi connectivity index (χ1n) is 14.7. The Kier molecular flexibility index (Phi) is 9.88. The van der Waals surface area contributed by atoms with Gasteiger partial charge >= 0.3 is 6.09 Å². The zero-order chi connectivity index (χ0) is 30.4. The monoisotopic (exact) mass is 577 g/mol. The van der Waals surface area contributed by atoms with Crippen LogP contribution in [0.2, 0.25) is 0 Å². The van der Waals surface area contributed by atoms with Crippen molar-refractivity contribution in [3.05, 3.63) is 71.8 Å². The molecular weight excluding hydrogens is 534 g/mol. The number of ether oxygens (including phenoxy) is 1. The van der Waals surface area contributed by atoms with E-state index in [9.17, 15) is 19.2 Å². The van der Waals surface area contributed by atoms with E-state index in [4.69, 9.17) is 4.74 Å². The summed E-state index contributed by atoms with van der Waals surface area (Å²) < 4.78 is 5.39. The van der Waals surface area contributed by atoms with Crippen LogP contribution in [0.25, 0.3) is 0 Å². The highest BCUT2D eigenvalue weighted by Crippen LogP contribution is 2.30. The number of benzene rings is 2. The molecule has 10 heteroatoms. The Hall–Kier alpha value is -3.92. The van der Waals surface area contributed by atoms with Gasteiger partial charge in [0.2, 0.25) is 17.7 Å². The molecule has 0 spiro atoms. The number of carbonyl (C=O) groups is 4. The minimum Gasteiger partial charge on any atom is -0.444 e. The highest BCUT2D eigenvalue weighted by Gasteiger charge is 2.44. The molecule has 2 saturated heterocycles. The minimum absolute atomic E-state index is 0.116. The second-order valence-corrected chi connectivity index (χ2v) is 12.1. The van der Waals surface area contributed by atoms with Gasteiger partial charge in [-0.1, -0.05) is 60.7 Å². The van der Waals surface area contributed by atoms with E-state index in [1.165, 1.54) is 11.9 Å². The highest BCUT2D eigenvalue weighted by molar-refractivity contribution is 5.94. The number of rotatable bonds is 7. The SMILES string of the molecule is C[C@@H](C(=O)N[C@H]1CNCC[C@H]2CC[C@H](C(=O)NC(c3ccccc3)c3ccccc3)N2C1=O)N(C)C(=O)OC(C)(C)C. The van der Waals surface area contributed by atoms with Crippen LogP contribution in [0.15, 0.2) is 60.7 Å². The van der Waals surface area contributed by atoms with Gasteiger partial charge in [0.1, 0.15) is 23.7 Å². The van der Waals surface area contributed by atoms with E-state index in [1.807, 2.05) is 60.7 Å². The average Bonchev–Trinajstić information content (AvgIpc) is 3.38. The van der Waals surface area contributed by atoms with Crippen molar-refractivity contribution in [2.45, 2.75) is 82.8 Å². The van der Waals surface area contributed by atoms with Gasteiger partial charge in [0.05, 0.1) is 6.04 Å². The van der Waals surface area contributed by atoms with Crippen molar-refractivity contribution in [2.75, 3.05) is 20.1 Å². The van der Waals surface area contributed by atoms with Crippen LogP contribution >= 0.6 is 0 Å². The van der Waals surface area contributed by atoms with E-state index in [0.717, 1.165) is 17.5 Å². The maximum Gasteiger partial charge on any atom is 0.410 e. The Bertz CT molecular complexity index is 1210. The van der Waals surface area contributed by atoms with Crippen LogP contribution < -0.4 is 16.0 Å². The fraction of sp³-hybridized carbons (Fsp3) is 0.500. The molecule has 42 heavy (non-hydrogen) atoms. The molecule has 0 bridgehead atoms. The summed E-state index contributed by atoms with van der Waals surface area (Å²) in [5.41, 5.74) is 1.19. The van der Waals surface area contributed by atoms with E-state index >= 15 is 0 Å². The van der Waals surface area contributed by atoms with Crippen LogP contribution in [0.5, 0.6) is 0 Å².